The standard InChI is InChI=1S/C6H6INO4/c7-2-1-3-12-6(11)8-4-5(9)10/h3-4H2,(H,8,11)(H,9,10). The Morgan fingerprint density at radius 3 is 2.75 bits per heavy atom. The van der Waals surface area contributed by atoms with Gasteiger partial charge in [0.25, 0.3) is 0 Å². The monoisotopic (exact) mass is 283 g/mol. The molecule has 0 heterocycles. The number of alkyl carbamates (subject to hydrolysis) is 1. The number of ether oxygens (including phenoxy) is 1. The van der Waals surface area contributed by atoms with Crippen LogP contribution in [0.2, 0.25) is 0 Å². The molecule has 5 nitrogen and oxygen atoms in total. The lowest BCUT2D eigenvalue weighted by Crippen LogP contribution is -2.29. The molecule has 0 atom stereocenters. The molecule has 0 saturated carbocycles. The second-order valence-corrected chi connectivity index (χ2v) is 2.13. The van der Waals surface area contributed by atoms with Gasteiger partial charge in [0.05, 0.1) is 0 Å². The van der Waals surface area contributed by atoms with Gasteiger partial charge in [-0.25, -0.2) is 4.79 Å². The highest BCUT2D eigenvalue weighted by Crippen LogP contribution is 1.77. The summed E-state index contributed by atoms with van der Waals surface area (Å²) in [7, 11) is 0. The Labute approximate surface area is 82.6 Å². The van der Waals surface area contributed by atoms with E-state index >= 15 is 0 Å². The molecule has 0 bridgehead atoms. The van der Waals surface area contributed by atoms with Gasteiger partial charge in [-0.1, -0.05) is 5.92 Å². The third-order valence-electron chi connectivity index (χ3n) is 0.726. The Morgan fingerprint density at radius 2 is 2.25 bits per heavy atom. The van der Waals surface area contributed by atoms with Crippen LogP contribution in [0, 0.1) is 9.85 Å². The van der Waals surface area contributed by atoms with Gasteiger partial charge in [0.2, 0.25) is 0 Å². The highest BCUT2D eigenvalue weighted by Gasteiger charge is 2.02. The van der Waals surface area contributed by atoms with Crippen LogP contribution in [0.4, 0.5) is 4.79 Å². The fraction of sp³-hybridized carbons (Fsp3) is 0.333. The lowest BCUT2D eigenvalue weighted by molar-refractivity contribution is -0.135. The Hall–Kier alpha value is -0.970. The van der Waals surface area contributed by atoms with E-state index in [-0.39, 0.29) is 6.61 Å². The van der Waals surface area contributed by atoms with Crippen LogP contribution in [0.1, 0.15) is 0 Å². The van der Waals surface area contributed by atoms with Crippen molar-refractivity contribution in [3.63, 3.8) is 0 Å². The zero-order chi connectivity index (χ0) is 9.40. The topological polar surface area (TPSA) is 75.6 Å². The maximum atomic E-state index is 10.6. The summed E-state index contributed by atoms with van der Waals surface area (Å²) in [5.74, 6) is 1.35. The molecule has 12 heavy (non-hydrogen) atoms. The number of hydrogen-bond donors (Lipinski definition) is 2. The lowest BCUT2D eigenvalue weighted by Gasteiger charge is -1.99. The summed E-state index contributed by atoms with van der Waals surface area (Å²) in [6.45, 7) is -0.481. The van der Waals surface area contributed by atoms with E-state index in [1.807, 2.05) is 5.32 Å². The average molecular weight is 283 g/mol. The number of nitrogens with one attached hydrogen (secondary N) is 1. The molecule has 66 valence electrons. The van der Waals surface area contributed by atoms with E-state index in [0.29, 0.717) is 0 Å². The molecule has 0 aliphatic carbocycles. The third-order valence-corrected chi connectivity index (χ3v) is 1.11. The van der Waals surface area contributed by atoms with Crippen molar-refractivity contribution in [1.29, 1.82) is 0 Å². The molecule has 6 heteroatoms. The summed E-state index contributed by atoms with van der Waals surface area (Å²) >= 11 is 1.80. The van der Waals surface area contributed by atoms with Crippen LogP contribution in [0.3, 0.4) is 0 Å². The minimum Gasteiger partial charge on any atom is -0.480 e. The summed E-state index contributed by atoms with van der Waals surface area (Å²) in [5.41, 5.74) is 0. The number of carbonyl (C=O) groups excluding carboxylic acids is 1. The van der Waals surface area contributed by atoms with Crippen LogP contribution in [0.5, 0.6) is 0 Å². The van der Waals surface area contributed by atoms with Gasteiger partial charge in [-0.3, -0.25) is 4.79 Å². The third kappa shape index (κ3) is 7.14. The fourth-order valence-electron chi connectivity index (χ4n) is 0.328. The molecule has 0 aromatic rings. The molecule has 0 aliphatic rings. The van der Waals surface area contributed by atoms with Crippen molar-refractivity contribution < 1.29 is 19.4 Å². The number of rotatable bonds is 3. The Bertz CT molecular complexity index is 229. The van der Waals surface area contributed by atoms with Crippen molar-refractivity contribution in [1.82, 2.24) is 5.32 Å². The zero-order valence-corrected chi connectivity index (χ0v) is 8.12. The van der Waals surface area contributed by atoms with Crippen LogP contribution in [-0.2, 0) is 9.53 Å². The summed E-state index contributed by atoms with van der Waals surface area (Å²) in [4.78, 5) is 20.5. The Kier molecular flexibility index (Phi) is 6.18. The number of carbonyl (C=O) groups is 2. The summed E-state index contributed by atoms with van der Waals surface area (Å²) < 4.78 is 6.93. The second kappa shape index (κ2) is 6.72. The molecule has 0 rings (SSSR count). The van der Waals surface area contributed by atoms with E-state index in [0.717, 1.165) is 0 Å². The molecule has 0 saturated heterocycles. The average Bonchev–Trinajstić information content (AvgIpc) is 2.01. The molecule has 0 fully saturated rings. The van der Waals surface area contributed by atoms with Crippen LogP contribution >= 0.6 is 22.6 Å². The Balaban J connectivity index is 3.44. The molecule has 0 radical (unpaired) electrons. The second-order valence-electron chi connectivity index (χ2n) is 1.59. The predicted octanol–water partition coefficient (Wildman–Crippen LogP) is 0.193. The first kappa shape index (κ1) is 11.0. The largest absolute Gasteiger partial charge is 0.480 e. The first-order valence-corrected chi connectivity index (χ1v) is 3.95. The number of carboxylic acid groups (broad SMARTS) is 1. The quantitative estimate of drug-likeness (QED) is 0.573. The normalized spacial score (nSPS) is 7.75. The van der Waals surface area contributed by atoms with Crippen LogP contribution < -0.4 is 5.32 Å². The van der Waals surface area contributed by atoms with Gasteiger partial charge in [0.15, 0.2) is 6.61 Å². The predicted molar refractivity (Wildman–Crippen MR) is 48.8 cm³/mol. The molecule has 1 amide bonds. The molecule has 2 N–H and O–H groups in total. The minimum absolute atomic E-state index is 0.0333. The molecule has 0 spiro atoms. The van der Waals surface area contributed by atoms with Crippen molar-refractivity contribution in [2.24, 2.45) is 0 Å². The van der Waals surface area contributed by atoms with E-state index in [1.54, 1.807) is 22.6 Å². The first-order valence-electron chi connectivity index (χ1n) is 2.87. The fourth-order valence-corrected chi connectivity index (χ4v) is 0.483. The van der Waals surface area contributed by atoms with Gasteiger partial charge in [-0.15, -0.1) is 0 Å². The van der Waals surface area contributed by atoms with E-state index in [1.165, 1.54) is 0 Å². The number of aliphatic carboxylic acids is 1. The molecule has 0 aromatic heterocycles. The van der Waals surface area contributed by atoms with Crippen molar-refractivity contribution in [3.8, 4) is 9.85 Å². The van der Waals surface area contributed by atoms with Crippen molar-refractivity contribution in [2.75, 3.05) is 13.2 Å². The SMILES string of the molecule is O=C(O)CNC(=O)OCC#CI. The maximum absolute atomic E-state index is 10.6. The van der Waals surface area contributed by atoms with Crippen molar-refractivity contribution in [3.05, 3.63) is 0 Å². The summed E-state index contributed by atoms with van der Waals surface area (Å²) in [6.07, 6.45) is -0.781. The highest BCUT2D eigenvalue weighted by atomic mass is 127. The van der Waals surface area contributed by atoms with E-state index in [2.05, 4.69) is 14.6 Å². The molecule has 0 aliphatic heterocycles. The Morgan fingerprint density at radius 1 is 1.58 bits per heavy atom. The van der Waals surface area contributed by atoms with E-state index in [9.17, 15) is 9.59 Å². The summed E-state index contributed by atoms with van der Waals surface area (Å²) in [6, 6.07) is 0. The van der Waals surface area contributed by atoms with Gasteiger partial charge >= 0.3 is 12.1 Å². The first-order chi connectivity index (χ1) is 5.66. The molecular formula is C6H6INO4. The lowest BCUT2D eigenvalue weighted by atomic mass is 10.7. The van der Waals surface area contributed by atoms with Gasteiger partial charge < -0.3 is 15.2 Å². The van der Waals surface area contributed by atoms with Gasteiger partial charge in [-0.05, 0) is 3.93 Å². The minimum atomic E-state index is -1.12. The van der Waals surface area contributed by atoms with Crippen LogP contribution in [0.15, 0.2) is 0 Å². The molecular weight excluding hydrogens is 277 g/mol. The van der Waals surface area contributed by atoms with Gasteiger partial charge in [-0.2, -0.15) is 0 Å². The van der Waals surface area contributed by atoms with Crippen molar-refractivity contribution >= 4 is 34.7 Å². The van der Waals surface area contributed by atoms with Gasteiger partial charge in [0.1, 0.15) is 6.54 Å². The maximum Gasteiger partial charge on any atom is 0.408 e. The van der Waals surface area contributed by atoms with Crippen LogP contribution in [0.25, 0.3) is 0 Å². The van der Waals surface area contributed by atoms with Gasteiger partial charge in [0, 0.05) is 22.6 Å². The van der Waals surface area contributed by atoms with Crippen LogP contribution in [-0.4, -0.2) is 30.3 Å². The highest BCUT2D eigenvalue weighted by molar-refractivity contribution is 14.1. The number of amides is 1. The number of hydrogen-bond acceptors (Lipinski definition) is 3. The number of halogens is 1. The summed E-state index contributed by atoms with van der Waals surface area (Å²) in [5, 5.41) is 10.1. The van der Waals surface area contributed by atoms with E-state index < -0.39 is 18.6 Å². The molecule has 0 aromatic carbocycles. The van der Waals surface area contributed by atoms with E-state index in [4.69, 9.17) is 5.11 Å². The van der Waals surface area contributed by atoms with Crippen molar-refractivity contribution in [2.45, 2.75) is 0 Å². The zero-order valence-electron chi connectivity index (χ0n) is 5.96. The molecule has 0 unspecified atom stereocenters. The smallest absolute Gasteiger partial charge is 0.408 e. The number of carboxylic acids is 1.